The quantitative estimate of drug-likeness (QED) is 0.125. The molecule has 0 aromatic heterocycles. The SMILES string of the molecule is C=CC[C@H](Cc1ccccc1)C(=O)OC[C@@H]1CCCN1C(=O)[C@@H](CC=C)CC(=O)N[C@H](CO)Cc1ccc(OCc2ccccc2)cc1. The van der Waals surface area contributed by atoms with E-state index < -0.39 is 12.0 Å². The number of carbonyl (C=O) groups is 3. The number of aliphatic hydroxyl groups excluding tert-OH is 1. The first-order valence-corrected chi connectivity index (χ1v) is 16.8. The van der Waals surface area contributed by atoms with Crippen LogP contribution in [0.15, 0.2) is 110 Å². The zero-order chi connectivity index (χ0) is 34.1. The smallest absolute Gasteiger partial charge is 0.309 e. The minimum absolute atomic E-state index is 0.0326. The standard InChI is InChI=1S/C40H48N2O6/c1-3-12-33(26-38(44)41-35(27-43)25-31-19-21-37(22-20-31)47-28-32-16-9-6-10-17-32)39(45)42-23-11-18-36(42)29-48-40(46)34(13-4-2)24-30-14-7-5-8-15-30/h3-10,14-17,19-22,33-36,43H,1-2,11-13,18,23-29H2,(H,41,44)/t33-,34+,35-,36-/m0/s1. The largest absolute Gasteiger partial charge is 0.489 e. The minimum atomic E-state index is -0.606. The van der Waals surface area contributed by atoms with Crippen LogP contribution in [0.5, 0.6) is 5.75 Å². The van der Waals surface area contributed by atoms with Gasteiger partial charge < -0.3 is 24.8 Å². The Hall–Kier alpha value is -4.69. The molecule has 0 unspecified atom stereocenters. The van der Waals surface area contributed by atoms with Gasteiger partial charge >= 0.3 is 5.97 Å². The summed E-state index contributed by atoms with van der Waals surface area (Å²) in [7, 11) is 0. The maximum absolute atomic E-state index is 13.7. The Morgan fingerprint density at radius 2 is 1.48 bits per heavy atom. The number of allylic oxidation sites excluding steroid dienone is 2. The highest BCUT2D eigenvalue weighted by atomic mass is 16.5. The van der Waals surface area contributed by atoms with Gasteiger partial charge in [-0.15, -0.1) is 13.2 Å². The maximum Gasteiger partial charge on any atom is 0.309 e. The number of nitrogens with one attached hydrogen (secondary N) is 1. The van der Waals surface area contributed by atoms with Crippen molar-refractivity contribution in [3.05, 3.63) is 127 Å². The third-order valence-electron chi connectivity index (χ3n) is 8.66. The lowest BCUT2D eigenvalue weighted by molar-refractivity contribution is -0.152. The Labute approximate surface area is 284 Å². The Kier molecular flexibility index (Phi) is 14.5. The van der Waals surface area contributed by atoms with E-state index in [1.54, 1.807) is 17.1 Å². The number of carbonyl (C=O) groups excluding carboxylic acids is 3. The molecule has 254 valence electrons. The van der Waals surface area contributed by atoms with Gasteiger partial charge in [0.1, 0.15) is 19.0 Å². The Bertz CT molecular complexity index is 1460. The molecule has 4 atom stereocenters. The zero-order valence-corrected chi connectivity index (χ0v) is 27.7. The molecule has 4 rings (SSSR count). The van der Waals surface area contributed by atoms with E-state index in [1.807, 2.05) is 84.9 Å². The number of hydrogen-bond donors (Lipinski definition) is 2. The highest BCUT2D eigenvalue weighted by molar-refractivity contribution is 5.86. The number of esters is 1. The molecule has 1 aliphatic heterocycles. The van der Waals surface area contributed by atoms with Crippen LogP contribution in [0.3, 0.4) is 0 Å². The number of ether oxygens (including phenoxy) is 2. The van der Waals surface area contributed by atoms with E-state index in [-0.39, 0.29) is 49.4 Å². The van der Waals surface area contributed by atoms with Gasteiger partial charge in [0.25, 0.3) is 0 Å². The summed E-state index contributed by atoms with van der Waals surface area (Å²) in [5.41, 5.74) is 3.07. The number of amides is 2. The number of aliphatic hydroxyl groups is 1. The summed E-state index contributed by atoms with van der Waals surface area (Å²) in [6, 6.07) is 26.5. The fourth-order valence-corrected chi connectivity index (χ4v) is 6.08. The first-order chi connectivity index (χ1) is 23.4. The molecule has 3 aromatic rings. The molecule has 0 saturated carbocycles. The number of rotatable bonds is 19. The fraction of sp³-hybridized carbons (Fsp3) is 0.375. The van der Waals surface area contributed by atoms with Gasteiger partial charge in [-0.05, 0) is 67.3 Å². The summed E-state index contributed by atoms with van der Waals surface area (Å²) >= 11 is 0. The molecule has 3 aromatic carbocycles. The Morgan fingerprint density at radius 1 is 0.854 bits per heavy atom. The van der Waals surface area contributed by atoms with Crippen LogP contribution in [-0.4, -0.2) is 59.6 Å². The summed E-state index contributed by atoms with van der Waals surface area (Å²) in [5, 5.41) is 12.9. The van der Waals surface area contributed by atoms with Crippen molar-refractivity contribution < 1.29 is 29.0 Å². The fourth-order valence-electron chi connectivity index (χ4n) is 6.08. The van der Waals surface area contributed by atoms with Crippen LogP contribution in [-0.2, 0) is 38.6 Å². The van der Waals surface area contributed by atoms with Crippen LogP contribution in [0.25, 0.3) is 0 Å². The van der Waals surface area contributed by atoms with Crippen molar-refractivity contribution in [2.75, 3.05) is 19.8 Å². The molecule has 2 N–H and O–H groups in total. The van der Waals surface area contributed by atoms with Crippen LogP contribution in [0.2, 0.25) is 0 Å². The third kappa shape index (κ3) is 11.2. The maximum atomic E-state index is 13.7. The van der Waals surface area contributed by atoms with E-state index in [0.717, 1.165) is 35.3 Å². The molecule has 0 radical (unpaired) electrons. The number of nitrogens with zero attached hydrogens (tertiary/aromatic N) is 1. The van der Waals surface area contributed by atoms with E-state index in [4.69, 9.17) is 9.47 Å². The highest BCUT2D eigenvalue weighted by Crippen LogP contribution is 2.25. The monoisotopic (exact) mass is 652 g/mol. The summed E-state index contributed by atoms with van der Waals surface area (Å²) in [5.74, 6) is -0.986. The lowest BCUT2D eigenvalue weighted by Crippen LogP contribution is -2.45. The molecule has 2 amide bonds. The van der Waals surface area contributed by atoms with E-state index in [2.05, 4.69) is 18.5 Å². The first kappa shape index (κ1) is 36.2. The molecule has 8 nitrogen and oxygen atoms in total. The van der Waals surface area contributed by atoms with Crippen molar-refractivity contribution in [2.24, 2.45) is 11.8 Å². The Morgan fingerprint density at radius 3 is 2.12 bits per heavy atom. The molecule has 1 fully saturated rings. The molecule has 0 bridgehead atoms. The van der Waals surface area contributed by atoms with Gasteiger partial charge in [-0.3, -0.25) is 14.4 Å². The van der Waals surface area contributed by atoms with E-state index >= 15 is 0 Å². The summed E-state index contributed by atoms with van der Waals surface area (Å²) in [4.78, 5) is 41.6. The van der Waals surface area contributed by atoms with Crippen molar-refractivity contribution >= 4 is 17.8 Å². The van der Waals surface area contributed by atoms with Crippen molar-refractivity contribution in [1.29, 1.82) is 0 Å². The lowest BCUT2D eigenvalue weighted by Gasteiger charge is -2.29. The molecule has 8 heteroatoms. The summed E-state index contributed by atoms with van der Waals surface area (Å²) in [6.07, 6.45) is 6.68. The molecule has 1 saturated heterocycles. The second-order valence-corrected chi connectivity index (χ2v) is 12.4. The van der Waals surface area contributed by atoms with Gasteiger partial charge in [-0.1, -0.05) is 84.9 Å². The second kappa shape index (κ2) is 19.2. The van der Waals surface area contributed by atoms with Gasteiger partial charge in [0.15, 0.2) is 0 Å². The second-order valence-electron chi connectivity index (χ2n) is 12.4. The van der Waals surface area contributed by atoms with Crippen LogP contribution in [0.4, 0.5) is 0 Å². The van der Waals surface area contributed by atoms with Crippen molar-refractivity contribution in [3.63, 3.8) is 0 Å². The van der Waals surface area contributed by atoms with Crippen molar-refractivity contribution in [1.82, 2.24) is 10.2 Å². The zero-order valence-electron chi connectivity index (χ0n) is 27.7. The molecular formula is C40H48N2O6. The average molecular weight is 653 g/mol. The molecule has 1 aliphatic rings. The lowest BCUT2D eigenvalue weighted by atomic mass is 9.96. The summed E-state index contributed by atoms with van der Waals surface area (Å²) < 4.78 is 11.6. The Balaban J connectivity index is 1.27. The van der Waals surface area contributed by atoms with E-state index in [1.165, 1.54) is 0 Å². The van der Waals surface area contributed by atoms with Gasteiger partial charge in [0, 0.05) is 13.0 Å². The van der Waals surface area contributed by atoms with Crippen molar-refractivity contribution in [2.45, 2.75) is 63.6 Å². The van der Waals surface area contributed by atoms with Crippen LogP contribution in [0.1, 0.15) is 48.8 Å². The average Bonchev–Trinajstić information content (AvgIpc) is 3.59. The molecule has 0 aliphatic carbocycles. The van der Waals surface area contributed by atoms with Crippen LogP contribution < -0.4 is 10.1 Å². The molecular weight excluding hydrogens is 604 g/mol. The van der Waals surface area contributed by atoms with Gasteiger partial charge in [-0.25, -0.2) is 0 Å². The van der Waals surface area contributed by atoms with Crippen LogP contribution in [0, 0.1) is 11.8 Å². The van der Waals surface area contributed by atoms with Gasteiger partial charge in [0.2, 0.25) is 11.8 Å². The predicted molar refractivity (Wildman–Crippen MR) is 187 cm³/mol. The summed E-state index contributed by atoms with van der Waals surface area (Å²) in [6.45, 7) is 8.49. The predicted octanol–water partition coefficient (Wildman–Crippen LogP) is 5.84. The third-order valence-corrected chi connectivity index (χ3v) is 8.66. The first-order valence-electron chi connectivity index (χ1n) is 16.8. The molecule has 1 heterocycles. The van der Waals surface area contributed by atoms with E-state index in [0.29, 0.717) is 38.8 Å². The molecule has 0 spiro atoms. The molecule has 48 heavy (non-hydrogen) atoms. The normalized spacial score (nSPS) is 15.9. The highest BCUT2D eigenvalue weighted by Gasteiger charge is 2.35. The number of hydrogen-bond acceptors (Lipinski definition) is 6. The minimum Gasteiger partial charge on any atom is -0.489 e. The van der Waals surface area contributed by atoms with Crippen molar-refractivity contribution in [3.8, 4) is 5.75 Å². The topological polar surface area (TPSA) is 105 Å². The van der Waals surface area contributed by atoms with Crippen LogP contribution >= 0.6 is 0 Å². The number of likely N-dealkylation sites (tertiary alicyclic amines) is 1. The van der Waals surface area contributed by atoms with Gasteiger partial charge in [-0.2, -0.15) is 0 Å². The van der Waals surface area contributed by atoms with Gasteiger partial charge in [0.05, 0.1) is 30.5 Å². The number of benzene rings is 3. The van der Waals surface area contributed by atoms with E-state index in [9.17, 15) is 19.5 Å².